The fraction of sp³-hybridized carbons (Fsp3) is 0.524. The first kappa shape index (κ1) is 26.2. The predicted octanol–water partition coefficient (Wildman–Crippen LogP) is 3.38. The number of ether oxygens (including phenoxy) is 1. The van der Waals surface area contributed by atoms with Crippen molar-refractivity contribution in [3.8, 4) is 5.75 Å². The van der Waals surface area contributed by atoms with Crippen LogP contribution in [0.25, 0.3) is 0 Å². The molecule has 0 spiro atoms. The van der Waals surface area contributed by atoms with Crippen LogP contribution in [0, 0.1) is 6.92 Å². The van der Waals surface area contributed by atoms with Gasteiger partial charge in [0.05, 0.1) is 30.9 Å². The number of anilines is 1. The molecule has 1 aromatic heterocycles. The van der Waals surface area contributed by atoms with E-state index in [1.165, 1.54) is 0 Å². The largest absolute Gasteiger partial charge is 0.496 e. The van der Waals surface area contributed by atoms with Crippen molar-refractivity contribution in [2.45, 2.75) is 39.3 Å². The maximum atomic E-state index is 12.9. The third-order valence-electron chi connectivity index (χ3n) is 4.93. The number of carbonyl (C=O) groups excluding carboxylic acids is 1. The topological polar surface area (TPSA) is 71.4 Å². The molecule has 0 saturated carbocycles. The quantitative estimate of drug-likeness (QED) is 0.719. The Morgan fingerprint density at radius 2 is 2.00 bits per heavy atom. The summed E-state index contributed by atoms with van der Waals surface area (Å²) >= 11 is 0. The van der Waals surface area contributed by atoms with Crippen molar-refractivity contribution in [2.75, 3.05) is 38.6 Å². The summed E-state index contributed by atoms with van der Waals surface area (Å²) in [5, 5.41) is 11.0. The van der Waals surface area contributed by atoms with Crippen molar-refractivity contribution in [3.05, 3.63) is 41.6 Å². The maximum absolute atomic E-state index is 12.9. The fourth-order valence-corrected chi connectivity index (χ4v) is 3.65. The number of aryl methyl sites for hydroxylation is 1. The zero-order chi connectivity index (χ0) is 20.3. The van der Waals surface area contributed by atoms with E-state index >= 15 is 0 Å². The Morgan fingerprint density at radius 3 is 2.67 bits per heavy atom. The lowest BCUT2D eigenvalue weighted by atomic mass is 10.0. The molecular weight excluding hydrogens is 425 g/mol. The monoisotopic (exact) mass is 457 g/mol. The van der Waals surface area contributed by atoms with Crippen LogP contribution in [-0.2, 0) is 10.3 Å². The Bertz CT molecular complexity index is 835. The van der Waals surface area contributed by atoms with Crippen LogP contribution in [0.15, 0.2) is 30.3 Å². The van der Waals surface area contributed by atoms with Crippen molar-refractivity contribution in [1.29, 1.82) is 0 Å². The van der Waals surface area contributed by atoms with Crippen LogP contribution in [0.2, 0.25) is 0 Å². The van der Waals surface area contributed by atoms with Crippen LogP contribution in [0.1, 0.15) is 38.1 Å². The lowest BCUT2D eigenvalue weighted by Gasteiger charge is -2.36. The molecule has 0 radical (unpaired) electrons. The van der Waals surface area contributed by atoms with Crippen LogP contribution in [0.3, 0.4) is 0 Å². The van der Waals surface area contributed by atoms with E-state index in [2.05, 4.69) is 47.5 Å². The molecule has 0 bridgehead atoms. The maximum Gasteiger partial charge on any atom is 0.239 e. The Labute approximate surface area is 191 Å². The molecule has 7 nitrogen and oxygen atoms in total. The number of para-hydroxylation sites is 1. The third kappa shape index (κ3) is 6.11. The number of rotatable bonds is 5. The smallest absolute Gasteiger partial charge is 0.239 e. The summed E-state index contributed by atoms with van der Waals surface area (Å²) in [7, 11) is 1.68. The number of halogens is 2. The highest BCUT2D eigenvalue weighted by atomic mass is 35.5. The fourth-order valence-electron chi connectivity index (χ4n) is 3.65. The molecule has 3 rings (SSSR count). The van der Waals surface area contributed by atoms with Gasteiger partial charge in [-0.3, -0.25) is 9.69 Å². The molecule has 30 heavy (non-hydrogen) atoms. The second-order valence-corrected chi connectivity index (χ2v) is 8.23. The molecule has 0 aliphatic carbocycles. The van der Waals surface area contributed by atoms with Crippen molar-refractivity contribution in [2.24, 2.45) is 0 Å². The second-order valence-electron chi connectivity index (χ2n) is 8.23. The van der Waals surface area contributed by atoms with Gasteiger partial charge in [0, 0.05) is 31.3 Å². The number of carbonyl (C=O) groups is 1. The molecule has 1 aliphatic rings. The van der Waals surface area contributed by atoms with Gasteiger partial charge in [-0.25, -0.2) is 4.68 Å². The molecule has 1 aromatic carbocycles. The number of benzene rings is 1. The van der Waals surface area contributed by atoms with E-state index in [9.17, 15) is 4.79 Å². The summed E-state index contributed by atoms with van der Waals surface area (Å²) in [4.78, 5) is 15.1. The highest BCUT2D eigenvalue weighted by Gasteiger charge is 2.28. The molecule has 2 aromatic rings. The van der Waals surface area contributed by atoms with E-state index in [0.717, 1.165) is 42.5 Å². The van der Waals surface area contributed by atoms with E-state index in [1.807, 2.05) is 35.9 Å². The van der Waals surface area contributed by atoms with E-state index in [0.29, 0.717) is 6.54 Å². The minimum atomic E-state index is -0.203. The Hall–Kier alpha value is -1.80. The van der Waals surface area contributed by atoms with Crippen molar-refractivity contribution >= 4 is 36.5 Å². The molecule has 1 saturated heterocycles. The molecule has 168 valence electrons. The Morgan fingerprint density at radius 1 is 1.30 bits per heavy atom. The van der Waals surface area contributed by atoms with Gasteiger partial charge in [0.25, 0.3) is 0 Å². The van der Waals surface area contributed by atoms with Crippen LogP contribution < -0.4 is 15.4 Å². The minimum Gasteiger partial charge on any atom is -0.496 e. The molecule has 1 amide bonds. The van der Waals surface area contributed by atoms with Crippen molar-refractivity contribution in [3.63, 3.8) is 0 Å². The van der Waals surface area contributed by atoms with Gasteiger partial charge in [-0.15, -0.1) is 24.8 Å². The highest BCUT2D eigenvalue weighted by molar-refractivity contribution is 5.91. The number of nitrogens with zero attached hydrogens (tertiary/aromatic N) is 3. The molecular formula is C21H33Cl2N5O2. The molecule has 2 N–H and O–H groups in total. The van der Waals surface area contributed by atoms with E-state index < -0.39 is 0 Å². The first-order valence-electron chi connectivity index (χ1n) is 9.74. The van der Waals surface area contributed by atoms with Gasteiger partial charge in [0.2, 0.25) is 5.91 Å². The van der Waals surface area contributed by atoms with Gasteiger partial charge >= 0.3 is 0 Å². The zero-order valence-electron chi connectivity index (χ0n) is 18.3. The number of hydrogen-bond acceptors (Lipinski definition) is 5. The van der Waals surface area contributed by atoms with Crippen LogP contribution in [-0.4, -0.2) is 53.9 Å². The van der Waals surface area contributed by atoms with Gasteiger partial charge < -0.3 is 15.4 Å². The minimum absolute atomic E-state index is 0. The highest BCUT2D eigenvalue weighted by Crippen LogP contribution is 2.30. The summed E-state index contributed by atoms with van der Waals surface area (Å²) in [6, 6.07) is 10.0. The van der Waals surface area contributed by atoms with Gasteiger partial charge in [-0.2, -0.15) is 5.10 Å². The average molecular weight is 458 g/mol. The number of piperazine rings is 1. The van der Waals surface area contributed by atoms with E-state index in [-0.39, 0.29) is 42.3 Å². The second kappa shape index (κ2) is 11.0. The number of amides is 1. The number of aromatic nitrogens is 2. The normalized spacial score (nSPS) is 16.9. The number of methoxy groups -OCH3 is 1. The summed E-state index contributed by atoms with van der Waals surface area (Å²) < 4.78 is 7.41. The van der Waals surface area contributed by atoms with Crippen LogP contribution in [0.4, 0.5) is 5.82 Å². The Balaban J connectivity index is 0.00000225. The molecule has 9 heteroatoms. The van der Waals surface area contributed by atoms with Gasteiger partial charge in [-0.05, 0) is 33.8 Å². The standard InChI is InChI=1S/C21H31N5O2.2ClH/c1-15-12-19(26(24-15)21(2,3)4)23-20(27)14-25-11-10-22-13-17(25)16-8-6-7-9-18(16)28-5;;/h6-9,12,17,22H,10-11,13-14H2,1-5H3,(H,23,27);2*1H. The predicted molar refractivity (Wildman–Crippen MR) is 125 cm³/mol. The molecule has 1 unspecified atom stereocenters. The molecule has 1 atom stereocenters. The van der Waals surface area contributed by atoms with E-state index in [4.69, 9.17) is 4.74 Å². The molecule has 1 aliphatic heterocycles. The number of hydrogen-bond donors (Lipinski definition) is 2. The third-order valence-corrected chi connectivity index (χ3v) is 4.93. The summed E-state index contributed by atoms with van der Waals surface area (Å²) in [6.45, 7) is 10.9. The van der Waals surface area contributed by atoms with Crippen LogP contribution in [0.5, 0.6) is 5.75 Å². The summed E-state index contributed by atoms with van der Waals surface area (Å²) in [6.07, 6.45) is 0. The lowest BCUT2D eigenvalue weighted by Crippen LogP contribution is -2.48. The average Bonchev–Trinajstić information content (AvgIpc) is 3.02. The first-order valence-corrected chi connectivity index (χ1v) is 9.74. The SMILES string of the molecule is COc1ccccc1C1CNCCN1CC(=O)Nc1cc(C)nn1C(C)(C)C.Cl.Cl. The Kier molecular flexibility index (Phi) is 9.62. The van der Waals surface area contributed by atoms with Crippen LogP contribution >= 0.6 is 24.8 Å². The van der Waals surface area contributed by atoms with Gasteiger partial charge in [-0.1, -0.05) is 18.2 Å². The molecule has 1 fully saturated rings. The summed E-state index contributed by atoms with van der Waals surface area (Å²) in [5.41, 5.74) is 1.78. The van der Waals surface area contributed by atoms with Crippen molar-refractivity contribution < 1.29 is 9.53 Å². The van der Waals surface area contributed by atoms with Crippen molar-refractivity contribution in [1.82, 2.24) is 20.0 Å². The number of nitrogens with one attached hydrogen (secondary N) is 2. The summed E-state index contributed by atoms with van der Waals surface area (Å²) in [5.74, 6) is 1.55. The van der Waals surface area contributed by atoms with E-state index in [1.54, 1.807) is 7.11 Å². The first-order chi connectivity index (χ1) is 13.3. The lowest BCUT2D eigenvalue weighted by molar-refractivity contribution is -0.118. The molecule has 2 heterocycles. The zero-order valence-corrected chi connectivity index (χ0v) is 19.9. The van der Waals surface area contributed by atoms with Gasteiger partial charge in [0.15, 0.2) is 0 Å². The van der Waals surface area contributed by atoms with Gasteiger partial charge in [0.1, 0.15) is 11.6 Å².